The van der Waals surface area contributed by atoms with Crippen LogP contribution < -0.4 is 10.8 Å². The predicted molar refractivity (Wildman–Crippen MR) is 97.8 cm³/mol. The summed E-state index contributed by atoms with van der Waals surface area (Å²) in [5.74, 6) is 0.191. The molecule has 1 aliphatic carbocycles. The van der Waals surface area contributed by atoms with Crippen LogP contribution in [0, 0.1) is 0 Å². The van der Waals surface area contributed by atoms with Crippen LogP contribution in [0.4, 0.5) is 5.69 Å². The van der Waals surface area contributed by atoms with Crippen LogP contribution in [-0.2, 0) is 10.3 Å². The molecule has 1 saturated carbocycles. The van der Waals surface area contributed by atoms with Gasteiger partial charge in [0, 0.05) is 11.9 Å². The monoisotopic (exact) mass is 361 g/mol. The molecule has 0 unspecified atom stereocenters. The van der Waals surface area contributed by atoms with Crippen molar-refractivity contribution in [2.24, 2.45) is 0 Å². The van der Waals surface area contributed by atoms with Crippen molar-refractivity contribution in [1.82, 2.24) is 20.0 Å². The van der Waals surface area contributed by atoms with Crippen molar-refractivity contribution >= 4 is 24.2 Å². The van der Waals surface area contributed by atoms with Crippen molar-refractivity contribution in [2.75, 3.05) is 5.32 Å². The second-order valence-electron chi connectivity index (χ2n) is 6.81. The Kier molecular flexibility index (Phi) is 3.59. The molecular weight excluding hydrogens is 345 g/mol. The summed E-state index contributed by atoms with van der Waals surface area (Å²) < 4.78 is 7.20. The van der Waals surface area contributed by atoms with E-state index in [1.165, 1.54) is 10.9 Å². The van der Waals surface area contributed by atoms with Gasteiger partial charge in [0.2, 0.25) is 0 Å². The molecule has 3 heterocycles. The third-order valence-corrected chi connectivity index (χ3v) is 5.17. The summed E-state index contributed by atoms with van der Waals surface area (Å²) in [6, 6.07) is 10.9. The first-order chi connectivity index (χ1) is 13.1. The number of aromatic nitrogens is 4. The summed E-state index contributed by atoms with van der Waals surface area (Å²) in [6.45, 7) is 0. The lowest BCUT2D eigenvalue weighted by Crippen LogP contribution is -2.35. The smallest absolute Gasteiger partial charge is 0.423 e. The lowest BCUT2D eigenvalue weighted by Gasteiger charge is -2.39. The molecule has 1 amide bonds. The lowest BCUT2D eigenvalue weighted by atomic mass is 9.72. The van der Waals surface area contributed by atoms with E-state index in [4.69, 9.17) is 4.65 Å². The second-order valence-corrected chi connectivity index (χ2v) is 6.81. The summed E-state index contributed by atoms with van der Waals surface area (Å²) >= 11 is 0. The molecule has 27 heavy (non-hydrogen) atoms. The Morgan fingerprint density at radius 1 is 1.30 bits per heavy atom. The zero-order valence-electron chi connectivity index (χ0n) is 14.4. The van der Waals surface area contributed by atoms with Crippen molar-refractivity contribution < 1.29 is 14.5 Å². The number of amides is 1. The maximum Gasteiger partial charge on any atom is 0.492 e. The molecule has 1 fully saturated rings. The van der Waals surface area contributed by atoms with E-state index in [1.54, 1.807) is 24.4 Å². The van der Waals surface area contributed by atoms with Gasteiger partial charge in [-0.1, -0.05) is 17.3 Å². The van der Waals surface area contributed by atoms with Crippen LogP contribution in [0.3, 0.4) is 0 Å². The van der Waals surface area contributed by atoms with Crippen molar-refractivity contribution in [3.8, 4) is 5.82 Å². The van der Waals surface area contributed by atoms with Crippen molar-refractivity contribution in [1.29, 1.82) is 0 Å². The van der Waals surface area contributed by atoms with E-state index in [0.717, 1.165) is 24.8 Å². The number of benzene rings is 1. The van der Waals surface area contributed by atoms with E-state index in [0.29, 0.717) is 17.0 Å². The van der Waals surface area contributed by atoms with Crippen LogP contribution in [0.5, 0.6) is 0 Å². The molecule has 0 atom stereocenters. The van der Waals surface area contributed by atoms with Crippen molar-refractivity contribution in [2.45, 2.75) is 24.9 Å². The zero-order chi connectivity index (χ0) is 18.4. The zero-order valence-corrected chi connectivity index (χ0v) is 14.4. The quantitative estimate of drug-likeness (QED) is 0.675. The molecule has 2 N–H and O–H groups in total. The fraction of sp³-hybridized carbons (Fsp3) is 0.222. The molecule has 8 nitrogen and oxygen atoms in total. The molecule has 1 spiro atoms. The average molecular weight is 361 g/mol. The van der Waals surface area contributed by atoms with Gasteiger partial charge in [0.1, 0.15) is 0 Å². The number of fused-ring (bicyclic) bond motifs is 2. The minimum atomic E-state index is -0.956. The van der Waals surface area contributed by atoms with Gasteiger partial charge < -0.3 is 15.0 Å². The Hall–Kier alpha value is -3.04. The highest BCUT2D eigenvalue weighted by atomic mass is 16.5. The lowest BCUT2D eigenvalue weighted by molar-refractivity contribution is -0.0152. The van der Waals surface area contributed by atoms with Crippen LogP contribution in [0.1, 0.15) is 35.3 Å². The minimum absolute atomic E-state index is 0.174. The molecule has 9 heteroatoms. The highest BCUT2D eigenvalue weighted by Crippen LogP contribution is 2.47. The van der Waals surface area contributed by atoms with Crippen molar-refractivity contribution in [3.05, 3.63) is 60.0 Å². The Labute approximate surface area is 155 Å². The normalized spacial score (nSPS) is 16.9. The van der Waals surface area contributed by atoms with E-state index in [1.807, 2.05) is 18.2 Å². The first-order valence-corrected chi connectivity index (χ1v) is 8.80. The van der Waals surface area contributed by atoms with E-state index in [2.05, 4.69) is 20.6 Å². The number of nitrogens with one attached hydrogen (secondary N) is 1. The van der Waals surface area contributed by atoms with Gasteiger partial charge >= 0.3 is 7.12 Å². The predicted octanol–water partition coefficient (Wildman–Crippen LogP) is 1.01. The van der Waals surface area contributed by atoms with Crippen LogP contribution in [0.2, 0.25) is 0 Å². The number of hydrogen-bond acceptors (Lipinski definition) is 6. The largest absolute Gasteiger partial charge is 0.492 e. The topological polar surface area (TPSA) is 102 Å². The summed E-state index contributed by atoms with van der Waals surface area (Å²) in [5.41, 5.74) is 2.13. The van der Waals surface area contributed by atoms with Crippen LogP contribution >= 0.6 is 0 Å². The fourth-order valence-electron chi connectivity index (χ4n) is 3.65. The Morgan fingerprint density at radius 2 is 2.19 bits per heavy atom. The standard InChI is InChI=1S/C18H16BN5O3/c25-17(15-11-24(23-22-15)16-4-1-2-9-20-16)21-12-5-6-13-14(10-12)19(26)27-18(13)7-3-8-18/h1-2,4-6,9-11,26H,3,7-8H2,(H,21,25). The third-order valence-electron chi connectivity index (χ3n) is 5.17. The molecule has 0 bridgehead atoms. The molecule has 1 aromatic carbocycles. The highest BCUT2D eigenvalue weighted by molar-refractivity contribution is 6.62. The van der Waals surface area contributed by atoms with Crippen LogP contribution in [0.25, 0.3) is 5.82 Å². The number of carbonyl (C=O) groups excluding carboxylic acids is 1. The van der Waals surface area contributed by atoms with Crippen LogP contribution in [0.15, 0.2) is 48.8 Å². The number of hydrogen-bond donors (Lipinski definition) is 2. The maximum atomic E-state index is 12.5. The molecule has 5 rings (SSSR count). The summed E-state index contributed by atoms with van der Waals surface area (Å²) in [5, 5.41) is 20.9. The molecule has 2 aromatic heterocycles. The Morgan fingerprint density at radius 3 is 2.93 bits per heavy atom. The van der Waals surface area contributed by atoms with Crippen LogP contribution in [-0.4, -0.2) is 38.0 Å². The fourth-order valence-corrected chi connectivity index (χ4v) is 3.65. The Bertz CT molecular complexity index is 1020. The average Bonchev–Trinajstić information content (AvgIpc) is 3.26. The van der Waals surface area contributed by atoms with Gasteiger partial charge in [-0.05, 0) is 54.6 Å². The van der Waals surface area contributed by atoms with Gasteiger partial charge in [0.15, 0.2) is 11.5 Å². The van der Waals surface area contributed by atoms with Gasteiger partial charge in [-0.3, -0.25) is 4.79 Å². The van der Waals surface area contributed by atoms with Gasteiger partial charge in [-0.15, -0.1) is 5.10 Å². The molecule has 0 saturated heterocycles. The summed E-state index contributed by atoms with van der Waals surface area (Å²) in [6.07, 6.45) is 6.09. The molecule has 2 aliphatic rings. The number of anilines is 1. The van der Waals surface area contributed by atoms with Gasteiger partial charge in [-0.25, -0.2) is 9.67 Å². The first kappa shape index (κ1) is 16.2. The van der Waals surface area contributed by atoms with Gasteiger partial charge in [-0.2, -0.15) is 0 Å². The van der Waals surface area contributed by atoms with Gasteiger partial charge in [0.05, 0.1) is 11.8 Å². The number of rotatable bonds is 3. The minimum Gasteiger partial charge on any atom is -0.423 e. The molecule has 0 radical (unpaired) electrons. The number of carbonyl (C=O) groups is 1. The van der Waals surface area contributed by atoms with Crippen molar-refractivity contribution in [3.63, 3.8) is 0 Å². The van der Waals surface area contributed by atoms with E-state index < -0.39 is 7.12 Å². The number of pyridine rings is 1. The SMILES string of the molecule is O=C(Nc1ccc2c(c1)B(O)OC21CCC1)c1cn(-c2ccccn2)nn1. The molecule has 1 aliphatic heterocycles. The summed E-state index contributed by atoms with van der Waals surface area (Å²) in [7, 11) is -0.956. The summed E-state index contributed by atoms with van der Waals surface area (Å²) in [4.78, 5) is 16.7. The Balaban J connectivity index is 1.36. The van der Waals surface area contributed by atoms with Gasteiger partial charge in [0.25, 0.3) is 5.91 Å². The molecule has 3 aromatic rings. The second kappa shape index (κ2) is 6.00. The van der Waals surface area contributed by atoms with E-state index in [-0.39, 0.29) is 17.2 Å². The maximum absolute atomic E-state index is 12.5. The highest BCUT2D eigenvalue weighted by Gasteiger charge is 2.50. The number of nitrogens with zero attached hydrogens (tertiary/aromatic N) is 4. The third kappa shape index (κ3) is 2.63. The van der Waals surface area contributed by atoms with E-state index in [9.17, 15) is 9.82 Å². The van der Waals surface area contributed by atoms with E-state index >= 15 is 0 Å². The molecule has 134 valence electrons. The first-order valence-electron chi connectivity index (χ1n) is 8.80. The molecular formula is C18H16BN5O3.